The summed E-state index contributed by atoms with van der Waals surface area (Å²) in [5.41, 5.74) is 6.50. The number of hydrogen-bond donors (Lipinski definition) is 3. The molecule has 6 nitrogen and oxygen atoms in total. The minimum Gasteiger partial charge on any atom is -0.346 e. The summed E-state index contributed by atoms with van der Waals surface area (Å²) in [4.78, 5) is 27.1. The Bertz CT molecular complexity index is 436. The Morgan fingerprint density at radius 3 is 2.58 bits per heavy atom. The van der Waals surface area contributed by atoms with Gasteiger partial charge in [-0.3, -0.25) is 9.59 Å². The quantitative estimate of drug-likeness (QED) is 0.753. The summed E-state index contributed by atoms with van der Waals surface area (Å²) >= 11 is 1.34. The molecule has 0 aliphatic heterocycles. The van der Waals surface area contributed by atoms with E-state index < -0.39 is 6.04 Å². The zero-order valence-electron chi connectivity index (χ0n) is 11.1. The Hall–Kier alpha value is -1.18. The van der Waals surface area contributed by atoms with E-state index >= 15 is 0 Å². The van der Waals surface area contributed by atoms with Gasteiger partial charge in [-0.05, 0) is 12.8 Å². The molecule has 0 radical (unpaired) electrons. The van der Waals surface area contributed by atoms with Gasteiger partial charge in [0, 0.05) is 5.38 Å². The zero-order chi connectivity index (χ0) is 13.7. The van der Waals surface area contributed by atoms with E-state index in [1.54, 1.807) is 0 Å². The number of amides is 2. The summed E-state index contributed by atoms with van der Waals surface area (Å²) in [6.07, 6.45) is 0. The Morgan fingerprint density at radius 1 is 1.47 bits per heavy atom. The van der Waals surface area contributed by atoms with Crippen LogP contribution in [0.1, 0.15) is 19.5 Å². The lowest BCUT2D eigenvalue weighted by molar-refractivity contribution is -0.125. The summed E-state index contributed by atoms with van der Waals surface area (Å²) in [5, 5.41) is 7.45. The second kappa shape index (κ2) is 8.08. The fourth-order valence-corrected chi connectivity index (χ4v) is 1.87. The van der Waals surface area contributed by atoms with Crippen LogP contribution in [-0.2, 0) is 9.59 Å². The highest BCUT2D eigenvalue weighted by molar-refractivity contribution is 7.13. The van der Waals surface area contributed by atoms with Crippen molar-refractivity contribution in [2.45, 2.75) is 26.8 Å². The molecule has 19 heavy (non-hydrogen) atoms. The molecular formula is C11H19ClN4O2S. The van der Waals surface area contributed by atoms with E-state index in [0.29, 0.717) is 5.13 Å². The lowest BCUT2D eigenvalue weighted by atomic mass is 10.1. The van der Waals surface area contributed by atoms with Crippen molar-refractivity contribution in [3.05, 3.63) is 11.1 Å². The molecule has 0 spiro atoms. The van der Waals surface area contributed by atoms with Crippen LogP contribution < -0.4 is 16.4 Å². The number of nitrogens with zero attached hydrogens (tertiary/aromatic N) is 1. The number of aryl methyl sites for hydroxylation is 1. The predicted octanol–water partition coefficient (Wildman–Crippen LogP) is 0.911. The molecular weight excluding hydrogens is 288 g/mol. The number of aromatic nitrogens is 1. The highest BCUT2D eigenvalue weighted by Crippen LogP contribution is 2.13. The summed E-state index contributed by atoms with van der Waals surface area (Å²) < 4.78 is 0. The van der Waals surface area contributed by atoms with Crippen LogP contribution in [-0.4, -0.2) is 29.4 Å². The molecule has 0 aliphatic carbocycles. The summed E-state index contributed by atoms with van der Waals surface area (Å²) in [6, 6.07) is -0.597. The first-order chi connectivity index (χ1) is 8.40. The van der Waals surface area contributed by atoms with E-state index in [4.69, 9.17) is 5.73 Å². The molecule has 1 rings (SSSR count). The van der Waals surface area contributed by atoms with Crippen molar-refractivity contribution < 1.29 is 9.59 Å². The first-order valence-corrected chi connectivity index (χ1v) is 6.53. The van der Waals surface area contributed by atoms with Crippen LogP contribution in [0.5, 0.6) is 0 Å². The van der Waals surface area contributed by atoms with Crippen LogP contribution in [0, 0.1) is 12.8 Å². The fourth-order valence-electron chi connectivity index (χ4n) is 1.16. The van der Waals surface area contributed by atoms with Crippen LogP contribution in [0.25, 0.3) is 0 Å². The Morgan fingerprint density at radius 2 is 2.11 bits per heavy atom. The van der Waals surface area contributed by atoms with Crippen molar-refractivity contribution in [2.24, 2.45) is 11.7 Å². The van der Waals surface area contributed by atoms with Crippen molar-refractivity contribution in [3.63, 3.8) is 0 Å². The van der Waals surface area contributed by atoms with Gasteiger partial charge in [-0.1, -0.05) is 13.8 Å². The van der Waals surface area contributed by atoms with E-state index in [-0.39, 0.29) is 36.7 Å². The zero-order valence-corrected chi connectivity index (χ0v) is 12.7. The van der Waals surface area contributed by atoms with Crippen LogP contribution >= 0.6 is 23.7 Å². The van der Waals surface area contributed by atoms with Gasteiger partial charge in [0.2, 0.25) is 11.8 Å². The number of carbonyl (C=O) groups is 2. The third kappa shape index (κ3) is 6.00. The van der Waals surface area contributed by atoms with Crippen LogP contribution in [0.15, 0.2) is 5.38 Å². The van der Waals surface area contributed by atoms with Gasteiger partial charge in [-0.2, -0.15) is 0 Å². The van der Waals surface area contributed by atoms with Crippen molar-refractivity contribution >= 4 is 40.7 Å². The number of carbonyl (C=O) groups excluding carboxylic acids is 2. The molecule has 0 aromatic carbocycles. The number of nitrogens with two attached hydrogens (primary N) is 1. The lowest BCUT2D eigenvalue weighted by Crippen LogP contribution is -2.46. The van der Waals surface area contributed by atoms with E-state index in [1.165, 1.54) is 11.3 Å². The highest BCUT2D eigenvalue weighted by Gasteiger charge is 2.17. The number of nitrogens with one attached hydrogen (secondary N) is 2. The number of anilines is 1. The maximum atomic E-state index is 11.5. The van der Waals surface area contributed by atoms with Crippen LogP contribution in [0.3, 0.4) is 0 Å². The molecule has 0 aliphatic rings. The second-order valence-corrected chi connectivity index (χ2v) is 5.19. The molecule has 1 atom stereocenters. The molecule has 0 saturated heterocycles. The molecule has 0 bridgehead atoms. The largest absolute Gasteiger partial charge is 0.346 e. The normalized spacial score (nSPS) is 11.6. The topological polar surface area (TPSA) is 97.1 Å². The van der Waals surface area contributed by atoms with Crippen molar-refractivity contribution in [1.29, 1.82) is 0 Å². The van der Waals surface area contributed by atoms with E-state index in [2.05, 4.69) is 15.6 Å². The van der Waals surface area contributed by atoms with Crippen molar-refractivity contribution in [2.75, 3.05) is 11.9 Å². The van der Waals surface area contributed by atoms with Gasteiger partial charge in [0.25, 0.3) is 0 Å². The average Bonchev–Trinajstić information content (AvgIpc) is 2.70. The average molecular weight is 307 g/mol. The molecule has 4 N–H and O–H groups in total. The lowest BCUT2D eigenvalue weighted by Gasteiger charge is -2.14. The van der Waals surface area contributed by atoms with E-state index in [0.717, 1.165) is 5.69 Å². The molecule has 0 unspecified atom stereocenters. The predicted molar refractivity (Wildman–Crippen MR) is 78.6 cm³/mol. The molecule has 1 aromatic rings. The van der Waals surface area contributed by atoms with E-state index in [9.17, 15) is 9.59 Å². The maximum absolute atomic E-state index is 11.5. The minimum atomic E-state index is -0.597. The standard InChI is InChI=1S/C11H18N4O2S.ClH/c1-6(2)9(12)10(17)13-4-8(16)15-11-14-7(3)5-18-11;/h5-6,9H,4,12H2,1-3H3,(H,13,17)(H,14,15,16);1H/t9-;/m0./s1. The smallest absolute Gasteiger partial charge is 0.245 e. The Balaban J connectivity index is 0.00000324. The van der Waals surface area contributed by atoms with Crippen LogP contribution in [0.4, 0.5) is 5.13 Å². The molecule has 1 heterocycles. The van der Waals surface area contributed by atoms with Crippen molar-refractivity contribution in [1.82, 2.24) is 10.3 Å². The van der Waals surface area contributed by atoms with Gasteiger partial charge >= 0.3 is 0 Å². The van der Waals surface area contributed by atoms with Gasteiger partial charge in [0.05, 0.1) is 18.3 Å². The van der Waals surface area contributed by atoms with Gasteiger partial charge in [0.15, 0.2) is 5.13 Å². The van der Waals surface area contributed by atoms with Gasteiger partial charge in [-0.15, -0.1) is 23.7 Å². The molecule has 0 fully saturated rings. The maximum Gasteiger partial charge on any atom is 0.245 e. The Labute approximate surface area is 122 Å². The highest BCUT2D eigenvalue weighted by atomic mass is 35.5. The Kier molecular flexibility index (Phi) is 7.58. The third-order valence-electron chi connectivity index (χ3n) is 2.31. The number of hydrogen-bond acceptors (Lipinski definition) is 5. The first-order valence-electron chi connectivity index (χ1n) is 5.65. The third-order valence-corrected chi connectivity index (χ3v) is 3.19. The second-order valence-electron chi connectivity index (χ2n) is 4.33. The monoisotopic (exact) mass is 306 g/mol. The molecule has 0 saturated carbocycles. The molecule has 8 heteroatoms. The number of rotatable bonds is 5. The van der Waals surface area contributed by atoms with Gasteiger partial charge in [-0.25, -0.2) is 4.98 Å². The first kappa shape index (κ1) is 17.8. The number of thiazole rings is 1. The SMILES string of the molecule is Cc1csc(NC(=O)CNC(=O)[C@@H](N)C(C)C)n1.Cl. The number of halogens is 1. The molecule has 108 valence electrons. The fraction of sp³-hybridized carbons (Fsp3) is 0.545. The van der Waals surface area contributed by atoms with Gasteiger partial charge < -0.3 is 16.4 Å². The molecule has 2 amide bonds. The summed E-state index contributed by atoms with van der Waals surface area (Å²) in [6.45, 7) is 5.44. The van der Waals surface area contributed by atoms with E-state index in [1.807, 2.05) is 26.2 Å². The molecule has 1 aromatic heterocycles. The van der Waals surface area contributed by atoms with Gasteiger partial charge in [0.1, 0.15) is 0 Å². The summed E-state index contributed by atoms with van der Waals surface area (Å²) in [5.74, 6) is -0.598. The van der Waals surface area contributed by atoms with Crippen LogP contribution in [0.2, 0.25) is 0 Å². The van der Waals surface area contributed by atoms with Crippen molar-refractivity contribution in [3.8, 4) is 0 Å². The minimum absolute atomic E-state index is 0. The summed E-state index contributed by atoms with van der Waals surface area (Å²) in [7, 11) is 0.